The van der Waals surface area contributed by atoms with Crippen molar-refractivity contribution in [3.63, 3.8) is 0 Å². The Balaban J connectivity index is 2.40. The van der Waals surface area contributed by atoms with Gasteiger partial charge in [-0.15, -0.1) is 5.10 Å². The van der Waals surface area contributed by atoms with E-state index in [-0.39, 0.29) is 23.2 Å². The summed E-state index contributed by atoms with van der Waals surface area (Å²) in [6.07, 6.45) is 1.24. The summed E-state index contributed by atoms with van der Waals surface area (Å²) in [6.45, 7) is 1.71. The van der Waals surface area contributed by atoms with Gasteiger partial charge in [-0.3, -0.25) is 9.36 Å². The number of hydrogen-bond acceptors (Lipinski definition) is 7. The molecule has 10 heteroatoms. The van der Waals surface area contributed by atoms with E-state index in [1.807, 2.05) is 0 Å². The van der Waals surface area contributed by atoms with E-state index in [9.17, 15) is 14.0 Å². The van der Waals surface area contributed by atoms with Crippen molar-refractivity contribution in [2.75, 3.05) is 6.61 Å². The van der Waals surface area contributed by atoms with Gasteiger partial charge in [0.1, 0.15) is 5.56 Å². The number of rotatable bonds is 3. The van der Waals surface area contributed by atoms with E-state index in [4.69, 9.17) is 16.3 Å². The van der Waals surface area contributed by atoms with Crippen LogP contribution in [0.25, 0.3) is 16.9 Å². The standard InChI is InChI=1S/C13H8ClFN4O3S/c1-2-22-13(21)7-4-19(9-5-23-18-17-9)12-6(10(7)20)3-8(15)11(14)16-12/h3-5H,2H2,1H3. The zero-order valence-electron chi connectivity index (χ0n) is 11.6. The maximum Gasteiger partial charge on any atom is 0.343 e. The summed E-state index contributed by atoms with van der Waals surface area (Å²) in [4.78, 5) is 28.3. The fraction of sp³-hybridized carbons (Fsp3) is 0.154. The highest BCUT2D eigenvalue weighted by atomic mass is 35.5. The maximum atomic E-state index is 13.7. The van der Waals surface area contributed by atoms with Gasteiger partial charge < -0.3 is 4.74 Å². The minimum Gasteiger partial charge on any atom is -0.462 e. The van der Waals surface area contributed by atoms with Gasteiger partial charge in [0.25, 0.3) is 0 Å². The van der Waals surface area contributed by atoms with Crippen LogP contribution in [-0.2, 0) is 4.74 Å². The zero-order valence-corrected chi connectivity index (χ0v) is 13.2. The molecule has 3 heterocycles. The Kier molecular flexibility index (Phi) is 4.05. The summed E-state index contributed by atoms with van der Waals surface area (Å²) in [7, 11) is 0. The third kappa shape index (κ3) is 2.68. The summed E-state index contributed by atoms with van der Waals surface area (Å²) in [6, 6.07) is 0.937. The second-order valence-corrected chi connectivity index (χ2v) is 5.33. The van der Waals surface area contributed by atoms with Crippen molar-refractivity contribution in [2.24, 2.45) is 0 Å². The van der Waals surface area contributed by atoms with E-state index in [2.05, 4.69) is 14.6 Å². The van der Waals surface area contributed by atoms with E-state index >= 15 is 0 Å². The van der Waals surface area contributed by atoms with E-state index in [1.165, 1.54) is 10.8 Å². The molecule has 0 fully saturated rings. The van der Waals surface area contributed by atoms with Crippen LogP contribution in [0.4, 0.5) is 4.39 Å². The van der Waals surface area contributed by atoms with Crippen LogP contribution < -0.4 is 5.43 Å². The molecule has 0 aromatic carbocycles. The first-order valence-electron chi connectivity index (χ1n) is 6.39. The largest absolute Gasteiger partial charge is 0.462 e. The number of nitrogens with zero attached hydrogens (tertiary/aromatic N) is 4. The van der Waals surface area contributed by atoms with Gasteiger partial charge in [-0.05, 0) is 24.5 Å². The van der Waals surface area contributed by atoms with Crippen molar-refractivity contribution >= 4 is 40.1 Å². The molecule has 0 saturated carbocycles. The van der Waals surface area contributed by atoms with Crippen molar-refractivity contribution < 1.29 is 13.9 Å². The molecule has 118 valence electrons. The second kappa shape index (κ2) is 6.01. The average molecular weight is 355 g/mol. The van der Waals surface area contributed by atoms with Gasteiger partial charge in [0.2, 0.25) is 5.43 Å². The highest BCUT2D eigenvalue weighted by Gasteiger charge is 2.20. The Morgan fingerprint density at radius 3 is 2.96 bits per heavy atom. The second-order valence-electron chi connectivity index (χ2n) is 4.36. The van der Waals surface area contributed by atoms with Gasteiger partial charge in [-0.1, -0.05) is 16.1 Å². The fourth-order valence-electron chi connectivity index (χ4n) is 2.00. The molecule has 0 aliphatic carbocycles. The van der Waals surface area contributed by atoms with Gasteiger partial charge in [0, 0.05) is 6.20 Å². The Bertz CT molecular complexity index is 958. The maximum absolute atomic E-state index is 13.7. The van der Waals surface area contributed by atoms with Crippen LogP contribution in [-0.4, -0.2) is 31.7 Å². The Morgan fingerprint density at radius 1 is 1.52 bits per heavy atom. The van der Waals surface area contributed by atoms with Crippen molar-refractivity contribution in [3.8, 4) is 5.82 Å². The predicted molar refractivity (Wildman–Crippen MR) is 81.7 cm³/mol. The lowest BCUT2D eigenvalue weighted by Crippen LogP contribution is -2.21. The van der Waals surface area contributed by atoms with Crippen LogP contribution in [0.3, 0.4) is 0 Å². The third-order valence-corrected chi connectivity index (χ3v) is 3.74. The molecule has 3 aromatic rings. The van der Waals surface area contributed by atoms with Gasteiger partial charge in [-0.2, -0.15) is 0 Å². The number of ether oxygens (including phenoxy) is 1. The highest BCUT2D eigenvalue weighted by Crippen LogP contribution is 2.20. The van der Waals surface area contributed by atoms with E-state index in [0.717, 1.165) is 17.6 Å². The molecule has 0 aliphatic rings. The molecule has 0 atom stereocenters. The lowest BCUT2D eigenvalue weighted by molar-refractivity contribution is 0.0524. The monoisotopic (exact) mass is 354 g/mol. The molecule has 0 spiro atoms. The molecule has 0 radical (unpaired) electrons. The summed E-state index contributed by atoms with van der Waals surface area (Å²) < 4.78 is 23.6. The molecule has 3 aromatic heterocycles. The minimum absolute atomic E-state index is 0.0714. The number of hydrogen-bond donors (Lipinski definition) is 0. The first-order valence-corrected chi connectivity index (χ1v) is 7.60. The lowest BCUT2D eigenvalue weighted by Gasteiger charge is -2.10. The summed E-state index contributed by atoms with van der Waals surface area (Å²) in [5.74, 6) is -1.35. The summed E-state index contributed by atoms with van der Waals surface area (Å²) in [5.41, 5.74) is -0.876. The summed E-state index contributed by atoms with van der Waals surface area (Å²) in [5, 5.41) is 4.95. The van der Waals surface area contributed by atoms with Gasteiger partial charge in [0.05, 0.1) is 17.4 Å². The topological polar surface area (TPSA) is 87.0 Å². The van der Waals surface area contributed by atoms with Crippen molar-refractivity contribution in [2.45, 2.75) is 6.92 Å². The van der Waals surface area contributed by atoms with Gasteiger partial charge in [0.15, 0.2) is 22.4 Å². The van der Waals surface area contributed by atoms with Crippen LogP contribution >= 0.6 is 23.1 Å². The molecule has 0 N–H and O–H groups in total. The number of carbonyl (C=O) groups is 1. The number of halogens is 2. The normalized spacial score (nSPS) is 10.9. The number of pyridine rings is 2. The molecule has 0 saturated heterocycles. The van der Waals surface area contributed by atoms with Crippen LogP contribution in [0.5, 0.6) is 0 Å². The van der Waals surface area contributed by atoms with Crippen molar-refractivity contribution in [1.82, 2.24) is 19.1 Å². The quantitative estimate of drug-likeness (QED) is 0.529. The average Bonchev–Trinajstić information content (AvgIpc) is 3.04. The van der Waals surface area contributed by atoms with Crippen LogP contribution in [0.2, 0.25) is 5.15 Å². The van der Waals surface area contributed by atoms with E-state index in [1.54, 1.807) is 12.3 Å². The SMILES string of the molecule is CCOC(=O)c1cn(-c2csnn2)c2nc(Cl)c(F)cc2c1=O. The first-order chi connectivity index (χ1) is 11.0. The molecule has 0 unspecified atom stereocenters. The van der Waals surface area contributed by atoms with Gasteiger partial charge >= 0.3 is 5.97 Å². The number of aromatic nitrogens is 4. The zero-order chi connectivity index (χ0) is 16.6. The highest BCUT2D eigenvalue weighted by molar-refractivity contribution is 7.03. The molecular weight excluding hydrogens is 347 g/mol. The van der Waals surface area contributed by atoms with Crippen LogP contribution in [0, 0.1) is 5.82 Å². The smallest absolute Gasteiger partial charge is 0.343 e. The van der Waals surface area contributed by atoms with Gasteiger partial charge in [-0.25, -0.2) is 14.2 Å². The molecular formula is C13H8ClFN4O3S. The lowest BCUT2D eigenvalue weighted by atomic mass is 10.2. The fourth-order valence-corrected chi connectivity index (χ4v) is 2.56. The molecule has 0 bridgehead atoms. The van der Waals surface area contributed by atoms with Crippen molar-refractivity contribution in [1.29, 1.82) is 0 Å². The Labute approximate surface area is 137 Å². The number of fused-ring (bicyclic) bond motifs is 1. The number of esters is 1. The molecule has 0 aliphatic heterocycles. The minimum atomic E-state index is -0.861. The molecule has 3 rings (SSSR count). The van der Waals surface area contributed by atoms with Crippen LogP contribution in [0.15, 0.2) is 22.4 Å². The number of carbonyl (C=O) groups excluding carboxylic acids is 1. The van der Waals surface area contributed by atoms with E-state index in [0.29, 0.717) is 5.82 Å². The van der Waals surface area contributed by atoms with E-state index < -0.39 is 22.4 Å². The Morgan fingerprint density at radius 2 is 2.30 bits per heavy atom. The van der Waals surface area contributed by atoms with Crippen molar-refractivity contribution in [3.05, 3.63) is 44.4 Å². The predicted octanol–water partition coefficient (Wildman–Crippen LogP) is 2.21. The third-order valence-electron chi connectivity index (χ3n) is 2.98. The summed E-state index contributed by atoms with van der Waals surface area (Å²) >= 11 is 6.77. The molecule has 23 heavy (non-hydrogen) atoms. The first kappa shape index (κ1) is 15.5. The molecule has 7 nitrogen and oxygen atoms in total. The molecule has 0 amide bonds. The van der Waals surface area contributed by atoms with Crippen LogP contribution in [0.1, 0.15) is 17.3 Å². The Hall–Kier alpha value is -2.39.